The molecule has 1 heterocycles. The molecule has 0 unspecified atom stereocenters. The van der Waals surface area contributed by atoms with Gasteiger partial charge in [0.25, 0.3) is 5.56 Å². The summed E-state index contributed by atoms with van der Waals surface area (Å²) in [5.74, 6) is -0.260. The molecule has 2 aromatic carbocycles. The Balaban J connectivity index is 1.96. The summed E-state index contributed by atoms with van der Waals surface area (Å²) >= 11 is 6.43. The van der Waals surface area contributed by atoms with Crippen molar-refractivity contribution < 1.29 is 9.53 Å². The van der Waals surface area contributed by atoms with Gasteiger partial charge in [-0.3, -0.25) is 4.79 Å². The molecule has 6 nitrogen and oxygen atoms in total. The van der Waals surface area contributed by atoms with E-state index in [2.05, 4.69) is 28.7 Å². The van der Waals surface area contributed by atoms with Gasteiger partial charge in [-0.05, 0) is 55.8 Å². The molecule has 150 valence electrons. The molecule has 0 saturated carbocycles. The van der Waals surface area contributed by atoms with Gasteiger partial charge in [0.15, 0.2) is 5.82 Å². The Labute approximate surface area is 173 Å². The van der Waals surface area contributed by atoms with Crippen LogP contribution in [0.1, 0.15) is 35.6 Å². The van der Waals surface area contributed by atoms with Crippen LogP contribution in [-0.2, 0) is 4.74 Å². The van der Waals surface area contributed by atoms with Gasteiger partial charge in [0.05, 0.1) is 28.6 Å². The van der Waals surface area contributed by atoms with Crippen molar-refractivity contribution in [2.45, 2.75) is 13.8 Å². The first-order valence-corrected chi connectivity index (χ1v) is 9.69. The van der Waals surface area contributed by atoms with Crippen molar-refractivity contribution in [3.05, 3.63) is 69.8 Å². The Bertz CT molecular complexity index is 1120. The second kappa shape index (κ2) is 8.92. The third-order valence-electron chi connectivity index (χ3n) is 4.67. The fraction of sp³-hybridized carbons (Fsp3) is 0.227. The average Bonchev–Trinajstić information content (AvgIpc) is 2.74. The number of fused-ring (bicyclic) bond motifs is 1. The molecular weight excluding hydrogens is 390 g/mol. The lowest BCUT2D eigenvalue weighted by molar-refractivity contribution is 0.0601. The topological polar surface area (TPSA) is 75.3 Å². The molecule has 0 aliphatic rings. The van der Waals surface area contributed by atoms with Gasteiger partial charge in [0.2, 0.25) is 0 Å². The number of halogens is 1. The lowest BCUT2D eigenvalue weighted by Crippen LogP contribution is -2.21. The fourth-order valence-electron chi connectivity index (χ4n) is 3.08. The summed E-state index contributed by atoms with van der Waals surface area (Å²) in [6.45, 7) is 6.09. The largest absolute Gasteiger partial charge is 0.465 e. The number of benzene rings is 2. The van der Waals surface area contributed by atoms with Crippen LogP contribution in [0.25, 0.3) is 22.0 Å². The summed E-state index contributed by atoms with van der Waals surface area (Å²) in [4.78, 5) is 33.5. The number of carbonyl (C=O) groups is 1. The van der Waals surface area contributed by atoms with Gasteiger partial charge in [0, 0.05) is 18.8 Å². The minimum Gasteiger partial charge on any atom is -0.465 e. The van der Waals surface area contributed by atoms with Crippen LogP contribution in [0.2, 0.25) is 0 Å². The summed E-state index contributed by atoms with van der Waals surface area (Å²) in [7, 11) is 1.30. The van der Waals surface area contributed by atoms with Crippen LogP contribution >= 0.6 is 11.6 Å². The first-order chi connectivity index (χ1) is 14.0. The standard InChI is InChI=1S/C22H22ClN3O3/c1-4-26(5-2)16-9-6-14(7-10-16)12-18(23)20-24-19-13-15(22(28)29-3)8-11-17(19)21(27)25-20/h6-13H,4-5H2,1-3H3,(H,24,25,27)/b18-12-. The molecule has 1 aromatic heterocycles. The van der Waals surface area contributed by atoms with Crippen molar-refractivity contribution in [2.24, 2.45) is 0 Å². The fourth-order valence-corrected chi connectivity index (χ4v) is 3.30. The number of rotatable bonds is 6. The zero-order valence-corrected chi connectivity index (χ0v) is 17.3. The number of aromatic nitrogens is 2. The number of hydrogen-bond acceptors (Lipinski definition) is 5. The molecule has 1 N–H and O–H groups in total. The lowest BCUT2D eigenvalue weighted by atomic mass is 10.1. The van der Waals surface area contributed by atoms with E-state index in [1.165, 1.54) is 19.2 Å². The van der Waals surface area contributed by atoms with E-state index in [-0.39, 0.29) is 11.4 Å². The second-order valence-corrected chi connectivity index (χ2v) is 6.80. The van der Waals surface area contributed by atoms with E-state index in [0.717, 1.165) is 24.3 Å². The molecule has 29 heavy (non-hydrogen) atoms. The Morgan fingerprint density at radius 2 is 1.86 bits per heavy atom. The number of H-pyrrole nitrogens is 1. The normalized spacial score (nSPS) is 11.5. The Hall–Kier alpha value is -3.12. The molecule has 0 atom stereocenters. The Morgan fingerprint density at radius 1 is 1.17 bits per heavy atom. The summed E-state index contributed by atoms with van der Waals surface area (Å²) < 4.78 is 4.72. The highest BCUT2D eigenvalue weighted by molar-refractivity contribution is 6.50. The first kappa shape index (κ1) is 20.6. The number of carbonyl (C=O) groups excluding carboxylic acids is 1. The molecule has 0 fully saturated rings. The molecule has 0 radical (unpaired) electrons. The highest BCUT2D eigenvalue weighted by atomic mass is 35.5. The van der Waals surface area contributed by atoms with E-state index in [1.54, 1.807) is 12.1 Å². The maximum absolute atomic E-state index is 12.4. The van der Waals surface area contributed by atoms with Crippen molar-refractivity contribution in [3.8, 4) is 0 Å². The van der Waals surface area contributed by atoms with Gasteiger partial charge in [-0.2, -0.15) is 0 Å². The van der Waals surface area contributed by atoms with Gasteiger partial charge in [-0.15, -0.1) is 0 Å². The maximum atomic E-state index is 12.4. The Morgan fingerprint density at radius 3 is 2.48 bits per heavy atom. The van der Waals surface area contributed by atoms with Crippen molar-refractivity contribution in [1.82, 2.24) is 9.97 Å². The zero-order chi connectivity index (χ0) is 21.0. The van der Waals surface area contributed by atoms with Gasteiger partial charge < -0.3 is 14.6 Å². The molecule has 0 saturated heterocycles. The van der Waals surface area contributed by atoms with Crippen molar-refractivity contribution in [3.63, 3.8) is 0 Å². The molecule has 3 aromatic rings. The molecule has 7 heteroatoms. The summed E-state index contributed by atoms with van der Waals surface area (Å²) in [5, 5.41) is 0.664. The third kappa shape index (κ3) is 4.49. The second-order valence-electron chi connectivity index (χ2n) is 6.39. The highest BCUT2D eigenvalue weighted by Crippen LogP contribution is 2.22. The van der Waals surface area contributed by atoms with Gasteiger partial charge in [-0.1, -0.05) is 23.7 Å². The number of aromatic amines is 1. The molecular formula is C22H22ClN3O3. The average molecular weight is 412 g/mol. The monoisotopic (exact) mass is 411 g/mol. The predicted octanol–water partition coefficient (Wildman–Crippen LogP) is 4.29. The number of ether oxygens (including phenoxy) is 1. The zero-order valence-electron chi connectivity index (χ0n) is 16.5. The van der Waals surface area contributed by atoms with Crippen LogP contribution < -0.4 is 10.5 Å². The summed E-state index contributed by atoms with van der Waals surface area (Å²) in [6.07, 6.45) is 1.74. The van der Waals surface area contributed by atoms with E-state index in [1.807, 2.05) is 24.3 Å². The van der Waals surface area contributed by atoms with E-state index in [0.29, 0.717) is 21.5 Å². The number of nitrogens with zero attached hydrogens (tertiary/aromatic N) is 2. The van der Waals surface area contributed by atoms with E-state index in [9.17, 15) is 9.59 Å². The van der Waals surface area contributed by atoms with Crippen LogP contribution in [0.4, 0.5) is 5.69 Å². The molecule has 3 rings (SSSR count). The highest BCUT2D eigenvalue weighted by Gasteiger charge is 2.11. The van der Waals surface area contributed by atoms with Crippen molar-refractivity contribution in [1.29, 1.82) is 0 Å². The van der Waals surface area contributed by atoms with Crippen LogP contribution in [0.15, 0.2) is 47.3 Å². The molecule has 0 spiro atoms. The Kier molecular flexibility index (Phi) is 6.34. The molecule has 0 aliphatic carbocycles. The molecule has 0 aliphatic heterocycles. The van der Waals surface area contributed by atoms with E-state index >= 15 is 0 Å². The summed E-state index contributed by atoms with van der Waals surface area (Å²) in [5.41, 5.74) is 2.38. The first-order valence-electron chi connectivity index (χ1n) is 9.31. The lowest BCUT2D eigenvalue weighted by Gasteiger charge is -2.20. The van der Waals surface area contributed by atoms with Crippen molar-refractivity contribution in [2.75, 3.05) is 25.1 Å². The number of hydrogen-bond donors (Lipinski definition) is 1. The molecule has 0 bridgehead atoms. The van der Waals surface area contributed by atoms with Crippen LogP contribution in [0, 0.1) is 0 Å². The number of esters is 1. The van der Waals surface area contributed by atoms with Gasteiger partial charge in [-0.25, -0.2) is 9.78 Å². The predicted molar refractivity (Wildman–Crippen MR) is 117 cm³/mol. The van der Waals surface area contributed by atoms with Crippen molar-refractivity contribution >= 4 is 45.3 Å². The van der Waals surface area contributed by atoms with Crippen LogP contribution in [0.3, 0.4) is 0 Å². The van der Waals surface area contributed by atoms with Crippen LogP contribution in [-0.4, -0.2) is 36.1 Å². The third-order valence-corrected chi connectivity index (χ3v) is 4.96. The number of nitrogens with one attached hydrogen (secondary N) is 1. The summed E-state index contributed by atoms with van der Waals surface area (Å²) in [6, 6.07) is 12.6. The van der Waals surface area contributed by atoms with Crippen LogP contribution in [0.5, 0.6) is 0 Å². The van der Waals surface area contributed by atoms with Gasteiger partial charge >= 0.3 is 5.97 Å². The minimum absolute atomic E-state index is 0.235. The van der Waals surface area contributed by atoms with E-state index < -0.39 is 5.97 Å². The molecule has 0 amide bonds. The number of anilines is 1. The smallest absolute Gasteiger partial charge is 0.337 e. The minimum atomic E-state index is -0.495. The van der Waals surface area contributed by atoms with Gasteiger partial charge in [0.1, 0.15) is 0 Å². The maximum Gasteiger partial charge on any atom is 0.337 e. The quantitative estimate of drug-likeness (QED) is 0.612. The van der Waals surface area contributed by atoms with E-state index in [4.69, 9.17) is 16.3 Å². The SMILES string of the molecule is CCN(CC)c1ccc(/C=C(\Cl)c2nc3cc(C(=O)OC)ccc3c(=O)[nH]2)cc1. The number of methoxy groups -OCH3 is 1.